The smallest absolute Gasteiger partial charge is 0.238 e. The van der Waals surface area contributed by atoms with Crippen molar-refractivity contribution in [2.24, 2.45) is 0 Å². The molecule has 1 aromatic carbocycles. The van der Waals surface area contributed by atoms with Crippen molar-refractivity contribution in [2.75, 3.05) is 23.7 Å². The van der Waals surface area contributed by atoms with E-state index >= 15 is 0 Å². The molecule has 0 aliphatic carbocycles. The Balaban J connectivity index is 1.38. The number of aromatic nitrogens is 3. The zero-order valence-electron chi connectivity index (χ0n) is 17.6. The number of benzene rings is 1. The Morgan fingerprint density at radius 1 is 1.10 bits per heavy atom. The zero-order chi connectivity index (χ0) is 21.8. The summed E-state index contributed by atoms with van der Waals surface area (Å²) in [7, 11) is 0. The number of carbonyl (C=O) groups is 1. The molecule has 8 heteroatoms. The van der Waals surface area contributed by atoms with Crippen LogP contribution in [0.2, 0.25) is 0 Å². The van der Waals surface area contributed by atoms with Crippen LogP contribution in [0.25, 0.3) is 0 Å². The van der Waals surface area contributed by atoms with Crippen LogP contribution in [-0.4, -0.2) is 38.8 Å². The van der Waals surface area contributed by atoms with E-state index in [0.29, 0.717) is 11.6 Å². The molecule has 3 aromatic rings. The number of hydrogen-bond acceptors (Lipinski definition) is 6. The van der Waals surface area contributed by atoms with Gasteiger partial charge in [0.05, 0.1) is 30.2 Å². The van der Waals surface area contributed by atoms with Gasteiger partial charge < -0.3 is 10.6 Å². The van der Waals surface area contributed by atoms with Gasteiger partial charge in [-0.3, -0.25) is 14.7 Å². The maximum atomic E-state index is 13.0. The van der Waals surface area contributed by atoms with Crippen LogP contribution in [0.4, 0.5) is 21.7 Å². The summed E-state index contributed by atoms with van der Waals surface area (Å²) in [6.45, 7) is 4.96. The largest absolute Gasteiger partial charge is 0.325 e. The molecule has 1 atom stereocenters. The number of aryl methyl sites for hydroxylation is 2. The second-order valence-corrected chi connectivity index (χ2v) is 7.75. The van der Waals surface area contributed by atoms with E-state index in [2.05, 4.69) is 30.5 Å². The molecule has 1 saturated heterocycles. The zero-order valence-corrected chi connectivity index (χ0v) is 17.6. The number of rotatable bonds is 6. The molecule has 160 valence electrons. The first-order valence-electron chi connectivity index (χ1n) is 10.3. The van der Waals surface area contributed by atoms with Crippen molar-refractivity contribution in [3.63, 3.8) is 0 Å². The van der Waals surface area contributed by atoms with E-state index in [1.807, 2.05) is 32.0 Å². The van der Waals surface area contributed by atoms with Crippen molar-refractivity contribution >= 4 is 23.2 Å². The van der Waals surface area contributed by atoms with Crippen LogP contribution in [0.15, 0.2) is 48.7 Å². The first-order valence-corrected chi connectivity index (χ1v) is 10.3. The fourth-order valence-electron chi connectivity index (χ4n) is 3.86. The molecule has 1 amide bonds. The van der Waals surface area contributed by atoms with Gasteiger partial charge in [-0.25, -0.2) is 14.4 Å². The normalized spacial score (nSPS) is 16.3. The molecule has 0 saturated carbocycles. The summed E-state index contributed by atoms with van der Waals surface area (Å²) in [5, 5.41) is 6.01. The highest BCUT2D eigenvalue weighted by Gasteiger charge is 2.28. The molecule has 7 nitrogen and oxygen atoms in total. The Labute approximate surface area is 180 Å². The van der Waals surface area contributed by atoms with Gasteiger partial charge in [0, 0.05) is 17.1 Å². The summed E-state index contributed by atoms with van der Waals surface area (Å²) < 4.78 is 13.0. The number of nitrogens with zero attached hydrogens (tertiary/aromatic N) is 4. The topological polar surface area (TPSA) is 83.0 Å². The van der Waals surface area contributed by atoms with Crippen LogP contribution >= 0.6 is 0 Å². The third kappa shape index (κ3) is 5.40. The molecular formula is C23H25FN6O. The molecule has 4 rings (SSSR count). The summed E-state index contributed by atoms with van der Waals surface area (Å²) in [4.78, 5) is 28.0. The van der Waals surface area contributed by atoms with Crippen LogP contribution in [0.3, 0.4) is 0 Å². The number of likely N-dealkylation sites (tertiary alicyclic amines) is 1. The minimum absolute atomic E-state index is 0.0884. The fraction of sp³-hybridized carbons (Fsp3) is 0.304. The molecule has 0 bridgehead atoms. The molecule has 3 heterocycles. The first-order chi connectivity index (χ1) is 15.0. The lowest BCUT2D eigenvalue weighted by atomic mass is 10.1. The standard InChI is InChI=1S/C23H25FN6O/c1-15-12-16(2)27-23(26-15)29-19-9-10-20(25-13-19)21-4-3-11-30(21)14-22(31)28-18-7-5-17(24)6-8-18/h5-10,12-13,21H,3-4,11,14H2,1-2H3,(H,28,31)(H,26,27,29)/t21-/m0/s1. The van der Waals surface area contributed by atoms with E-state index in [4.69, 9.17) is 0 Å². The minimum atomic E-state index is -0.328. The van der Waals surface area contributed by atoms with Crippen molar-refractivity contribution in [3.05, 3.63) is 71.6 Å². The van der Waals surface area contributed by atoms with Gasteiger partial charge in [-0.15, -0.1) is 0 Å². The average molecular weight is 420 g/mol. The van der Waals surface area contributed by atoms with Gasteiger partial charge >= 0.3 is 0 Å². The van der Waals surface area contributed by atoms with E-state index in [1.54, 1.807) is 18.3 Å². The number of pyridine rings is 1. The number of amides is 1. The highest BCUT2D eigenvalue weighted by Crippen LogP contribution is 2.31. The Kier molecular flexibility index (Phi) is 6.18. The second-order valence-electron chi connectivity index (χ2n) is 7.75. The van der Waals surface area contributed by atoms with Gasteiger partial charge in [-0.05, 0) is 75.7 Å². The third-order valence-electron chi connectivity index (χ3n) is 5.20. The predicted molar refractivity (Wildman–Crippen MR) is 118 cm³/mol. The highest BCUT2D eigenvalue weighted by atomic mass is 19.1. The Hall–Kier alpha value is -3.39. The molecule has 2 aromatic heterocycles. The number of carbonyl (C=O) groups excluding carboxylic acids is 1. The lowest BCUT2D eigenvalue weighted by Gasteiger charge is -2.23. The van der Waals surface area contributed by atoms with E-state index in [0.717, 1.165) is 42.2 Å². The van der Waals surface area contributed by atoms with Crippen molar-refractivity contribution in [3.8, 4) is 0 Å². The molecular weight excluding hydrogens is 395 g/mol. The van der Waals surface area contributed by atoms with Crippen molar-refractivity contribution < 1.29 is 9.18 Å². The fourth-order valence-corrected chi connectivity index (χ4v) is 3.86. The van der Waals surface area contributed by atoms with E-state index in [-0.39, 0.29) is 24.3 Å². The summed E-state index contributed by atoms with van der Waals surface area (Å²) in [5.74, 6) is 0.0986. The van der Waals surface area contributed by atoms with Crippen LogP contribution in [0.1, 0.15) is 36.0 Å². The Bertz CT molecular complexity index is 1030. The quantitative estimate of drug-likeness (QED) is 0.623. The Morgan fingerprint density at radius 3 is 2.48 bits per heavy atom. The lowest BCUT2D eigenvalue weighted by molar-refractivity contribution is -0.117. The maximum absolute atomic E-state index is 13.0. The van der Waals surface area contributed by atoms with Crippen molar-refractivity contribution in [2.45, 2.75) is 32.7 Å². The van der Waals surface area contributed by atoms with Crippen molar-refractivity contribution in [1.29, 1.82) is 0 Å². The number of halogens is 1. The predicted octanol–water partition coefficient (Wildman–Crippen LogP) is 4.15. The van der Waals surface area contributed by atoms with Crippen molar-refractivity contribution in [1.82, 2.24) is 19.9 Å². The van der Waals surface area contributed by atoms with Gasteiger partial charge in [0.1, 0.15) is 5.82 Å². The SMILES string of the molecule is Cc1cc(C)nc(Nc2ccc([C@@H]3CCCN3CC(=O)Nc3ccc(F)cc3)nc2)n1. The van der Waals surface area contributed by atoms with Gasteiger partial charge in [0.25, 0.3) is 0 Å². The number of hydrogen-bond donors (Lipinski definition) is 2. The molecule has 1 aliphatic rings. The molecule has 0 spiro atoms. The number of anilines is 3. The van der Waals surface area contributed by atoms with Crippen LogP contribution in [0.5, 0.6) is 0 Å². The van der Waals surface area contributed by atoms with Gasteiger partial charge in [0.15, 0.2) is 0 Å². The minimum Gasteiger partial charge on any atom is -0.325 e. The van der Waals surface area contributed by atoms with E-state index in [1.165, 1.54) is 12.1 Å². The first kappa shape index (κ1) is 20.9. The monoisotopic (exact) mass is 420 g/mol. The summed E-state index contributed by atoms with van der Waals surface area (Å²) in [6.07, 6.45) is 3.72. The van der Waals surface area contributed by atoms with E-state index < -0.39 is 0 Å². The summed E-state index contributed by atoms with van der Waals surface area (Å²) in [6, 6.07) is 11.7. The Morgan fingerprint density at radius 2 is 1.81 bits per heavy atom. The summed E-state index contributed by atoms with van der Waals surface area (Å²) >= 11 is 0. The summed E-state index contributed by atoms with van der Waals surface area (Å²) in [5.41, 5.74) is 4.14. The molecule has 0 unspecified atom stereocenters. The lowest BCUT2D eigenvalue weighted by Crippen LogP contribution is -2.33. The average Bonchev–Trinajstić information content (AvgIpc) is 3.17. The van der Waals surface area contributed by atoms with Gasteiger partial charge in [-0.2, -0.15) is 0 Å². The maximum Gasteiger partial charge on any atom is 0.238 e. The molecule has 1 aliphatic heterocycles. The van der Waals surface area contributed by atoms with Crippen LogP contribution in [-0.2, 0) is 4.79 Å². The van der Waals surface area contributed by atoms with Gasteiger partial charge in [0.2, 0.25) is 11.9 Å². The molecule has 2 N–H and O–H groups in total. The molecule has 31 heavy (non-hydrogen) atoms. The third-order valence-corrected chi connectivity index (χ3v) is 5.20. The van der Waals surface area contributed by atoms with E-state index in [9.17, 15) is 9.18 Å². The second kappa shape index (κ2) is 9.18. The highest BCUT2D eigenvalue weighted by molar-refractivity contribution is 5.92. The number of nitrogens with one attached hydrogen (secondary N) is 2. The molecule has 1 fully saturated rings. The van der Waals surface area contributed by atoms with Crippen LogP contribution < -0.4 is 10.6 Å². The van der Waals surface area contributed by atoms with Gasteiger partial charge in [-0.1, -0.05) is 0 Å². The molecule has 0 radical (unpaired) electrons. The van der Waals surface area contributed by atoms with Crippen LogP contribution in [0, 0.1) is 19.7 Å².